The number of nitrogens with one attached hydrogen (secondary N) is 1. The molecule has 28 heavy (non-hydrogen) atoms. The normalized spacial score (nSPS) is 21.2. The lowest BCUT2D eigenvalue weighted by molar-refractivity contribution is 0.0609. The summed E-state index contributed by atoms with van der Waals surface area (Å²) >= 11 is 1.80. The molecule has 4 rings (SSSR count). The molecule has 0 aliphatic carbocycles. The summed E-state index contributed by atoms with van der Waals surface area (Å²) < 4.78 is 6.49. The molecular weight excluding hydrogens is 364 g/mol. The Balaban J connectivity index is 1.59. The Labute approximate surface area is 173 Å². The van der Waals surface area contributed by atoms with Gasteiger partial charge in [0.1, 0.15) is 11.9 Å². The molecule has 0 bridgehead atoms. The third-order valence-electron chi connectivity index (χ3n) is 6.15. The lowest BCUT2D eigenvalue weighted by Gasteiger charge is -2.37. The topological polar surface area (TPSA) is 24.5 Å². The van der Waals surface area contributed by atoms with Gasteiger partial charge in [0.25, 0.3) is 0 Å². The van der Waals surface area contributed by atoms with Crippen molar-refractivity contribution in [2.45, 2.75) is 37.3 Å². The lowest BCUT2D eigenvalue weighted by atomic mass is 9.84. The second-order valence-corrected chi connectivity index (χ2v) is 9.51. The van der Waals surface area contributed by atoms with E-state index in [0.29, 0.717) is 17.8 Å². The molecule has 1 saturated heterocycles. The van der Waals surface area contributed by atoms with E-state index in [1.54, 1.807) is 11.8 Å². The molecule has 0 amide bonds. The van der Waals surface area contributed by atoms with Gasteiger partial charge in [-0.25, -0.2) is 0 Å². The predicted octanol–water partition coefficient (Wildman–Crippen LogP) is 4.61. The van der Waals surface area contributed by atoms with Crippen molar-refractivity contribution in [1.82, 2.24) is 10.2 Å². The van der Waals surface area contributed by atoms with Crippen molar-refractivity contribution < 1.29 is 4.74 Å². The van der Waals surface area contributed by atoms with Gasteiger partial charge in [0.05, 0.1) is 0 Å². The van der Waals surface area contributed by atoms with Crippen LogP contribution < -0.4 is 10.1 Å². The molecule has 4 heteroatoms. The number of nitrogens with zero attached hydrogens (tertiary/aromatic N) is 1. The van der Waals surface area contributed by atoms with Crippen LogP contribution in [0.4, 0.5) is 0 Å². The van der Waals surface area contributed by atoms with Gasteiger partial charge < -0.3 is 15.0 Å². The number of likely N-dealkylation sites (N-methyl/N-ethyl adjacent to an activating group) is 1. The maximum absolute atomic E-state index is 6.49. The van der Waals surface area contributed by atoms with Crippen molar-refractivity contribution in [3.8, 4) is 5.75 Å². The molecule has 0 aromatic heterocycles. The van der Waals surface area contributed by atoms with E-state index in [0.717, 1.165) is 31.9 Å². The van der Waals surface area contributed by atoms with Crippen molar-refractivity contribution in [2.24, 2.45) is 11.8 Å². The highest BCUT2D eigenvalue weighted by molar-refractivity contribution is 7.98. The summed E-state index contributed by atoms with van der Waals surface area (Å²) in [4.78, 5) is 3.75. The van der Waals surface area contributed by atoms with Gasteiger partial charge in [-0.2, -0.15) is 0 Å². The first-order chi connectivity index (χ1) is 13.5. The Morgan fingerprint density at radius 1 is 1.11 bits per heavy atom. The van der Waals surface area contributed by atoms with Crippen molar-refractivity contribution in [3.63, 3.8) is 0 Å². The Kier molecular flexibility index (Phi) is 6.00. The number of thioether (sulfide) groups is 1. The highest BCUT2D eigenvalue weighted by atomic mass is 32.2. The van der Waals surface area contributed by atoms with E-state index in [2.05, 4.69) is 79.8 Å². The average Bonchev–Trinajstić information content (AvgIpc) is 2.65. The van der Waals surface area contributed by atoms with E-state index in [1.807, 2.05) is 0 Å². The molecule has 0 spiro atoms. The lowest BCUT2D eigenvalue weighted by Crippen LogP contribution is -2.52. The largest absolute Gasteiger partial charge is 0.490 e. The fraction of sp³-hybridized carbons (Fsp3) is 0.500. The summed E-state index contributed by atoms with van der Waals surface area (Å²) in [5, 5.41) is 3.38. The minimum Gasteiger partial charge on any atom is -0.490 e. The highest BCUT2D eigenvalue weighted by Gasteiger charge is 2.32. The van der Waals surface area contributed by atoms with Gasteiger partial charge in [-0.1, -0.05) is 32.0 Å². The van der Waals surface area contributed by atoms with Gasteiger partial charge in [-0.05, 0) is 60.2 Å². The monoisotopic (exact) mass is 396 g/mol. The fourth-order valence-corrected chi connectivity index (χ4v) is 4.90. The first-order valence-electron chi connectivity index (χ1n) is 10.4. The van der Waals surface area contributed by atoms with Crippen molar-refractivity contribution >= 4 is 11.8 Å². The standard InChI is InChI=1S/C24H32N2OS/c1-16(2)24(19-12-25-13-19)27-20-7-10-22-18(11-20)14-26(3)15-23(22)17-5-8-21(28-4)9-6-17/h5-11,16,19,23-25H,12-15H2,1-4H3. The second kappa shape index (κ2) is 8.48. The van der Waals surface area contributed by atoms with Crippen LogP contribution in [-0.2, 0) is 6.54 Å². The summed E-state index contributed by atoms with van der Waals surface area (Å²) in [5.41, 5.74) is 4.26. The van der Waals surface area contributed by atoms with E-state index < -0.39 is 0 Å². The zero-order valence-electron chi connectivity index (χ0n) is 17.4. The highest BCUT2D eigenvalue weighted by Crippen LogP contribution is 2.36. The van der Waals surface area contributed by atoms with Crippen LogP contribution in [-0.4, -0.2) is 43.9 Å². The van der Waals surface area contributed by atoms with Gasteiger partial charge in [-0.15, -0.1) is 11.8 Å². The number of hydrogen-bond acceptors (Lipinski definition) is 4. The van der Waals surface area contributed by atoms with Gasteiger partial charge in [-0.3, -0.25) is 0 Å². The third-order valence-corrected chi connectivity index (χ3v) is 6.89. The molecule has 1 N–H and O–H groups in total. The molecule has 2 aliphatic heterocycles. The second-order valence-electron chi connectivity index (χ2n) is 8.63. The number of fused-ring (bicyclic) bond motifs is 1. The zero-order chi connectivity index (χ0) is 19.7. The maximum atomic E-state index is 6.49. The summed E-state index contributed by atoms with van der Waals surface area (Å²) in [6, 6.07) is 15.9. The Bertz CT molecular complexity index is 801. The van der Waals surface area contributed by atoms with E-state index in [4.69, 9.17) is 4.74 Å². The molecule has 150 valence electrons. The van der Waals surface area contributed by atoms with Crippen LogP contribution in [0.5, 0.6) is 5.75 Å². The molecule has 0 radical (unpaired) electrons. The molecule has 3 nitrogen and oxygen atoms in total. The summed E-state index contributed by atoms with van der Waals surface area (Å²) in [5.74, 6) is 2.60. The van der Waals surface area contributed by atoms with Crippen LogP contribution in [0, 0.1) is 11.8 Å². The number of benzene rings is 2. The molecule has 2 atom stereocenters. The van der Waals surface area contributed by atoms with Gasteiger partial charge in [0.2, 0.25) is 0 Å². The van der Waals surface area contributed by atoms with Gasteiger partial charge >= 0.3 is 0 Å². The van der Waals surface area contributed by atoms with Crippen LogP contribution in [0.25, 0.3) is 0 Å². The molecule has 2 heterocycles. The first kappa shape index (κ1) is 19.8. The molecular formula is C24H32N2OS. The van der Waals surface area contributed by atoms with Crippen LogP contribution in [0.2, 0.25) is 0 Å². The van der Waals surface area contributed by atoms with E-state index in [1.165, 1.54) is 21.6 Å². The van der Waals surface area contributed by atoms with Gasteiger partial charge in [0, 0.05) is 42.9 Å². The van der Waals surface area contributed by atoms with E-state index in [9.17, 15) is 0 Å². The van der Waals surface area contributed by atoms with Crippen molar-refractivity contribution in [3.05, 3.63) is 59.2 Å². The predicted molar refractivity (Wildman–Crippen MR) is 118 cm³/mol. The van der Waals surface area contributed by atoms with Crippen LogP contribution in [0.3, 0.4) is 0 Å². The minimum absolute atomic E-state index is 0.288. The van der Waals surface area contributed by atoms with E-state index in [-0.39, 0.29) is 6.10 Å². The number of hydrogen-bond donors (Lipinski definition) is 1. The minimum atomic E-state index is 0.288. The Hall–Kier alpha value is -1.49. The summed E-state index contributed by atoms with van der Waals surface area (Å²) in [6.07, 6.45) is 2.42. The average molecular weight is 397 g/mol. The van der Waals surface area contributed by atoms with Crippen LogP contribution in [0.15, 0.2) is 47.4 Å². The van der Waals surface area contributed by atoms with Crippen molar-refractivity contribution in [2.75, 3.05) is 32.9 Å². The zero-order valence-corrected chi connectivity index (χ0v) is 18.3. The van der Waals surface area contributed by atoms with Crippen LogP contribution >= 0.6 is 11.8 Å². The molecule has 2 unspecified atom stereocenters. The number of ether oxygens (including phenoxy) is 1. The summed E-state index contributed by atoms with van der Waals surface area (Å²) in [6.45, 7) is 8.74. The SMILES string of the molecule is CSc1ccc(C2CN(C)Cc3cc(OC(C(C)C)C4CNC4)ccc32)cc1. The fourth-order valence-electron chi connectivity index (χ4n) is 4.50. The van der Waals surface area contributed by atoms with Crippen LogP contribution in [0.1, 0.15) is 36.5 Å². The Morgan fingerprint density at radius 2 is 1.86 bits per heavy atom. The molecule has 1 fully saturated rings. The maximum Gasteiger partial charge on any atom is 0.120 e. The third kappa shape index (κ3) is 4.10. The first-order valence-corrected chi connectivity index (χ1v) is 11.6. The summed E-state index contributed by atoms with van der Waals surface area (Å²) in [7, 11) is 2.22. The molecule has 0 saturated carbocycles. The molecule has 2 aliphatic rings. The van der Waals surface area contributed by atoms with E-state index >= 15 is 0 Å². The smallest absolute Gasteiger partial charge is 0.120 e. The molecule has 2 aromatic carbocycles. The van der Waals surface area contributed by atoms with Gasteiger partial charge in [0.15, 0.2) is 0 Å². The van der Waals surface area contributed by atoms with Crippen molar-refractivity contribution in [1.29, 1.82) is 0 Å². The number of rotatable bonds is 6. The Morgan fingerprint density at radius 3 is 2.46 bits per heavy atom. The quantitative estimate of drug-likeness (QED) is 0.721. The molecule has 2 aromatic rings.